The monoisotopic (exact) mass is 267 g/mol. The average molecular weight is 267 g/mol. The summed E-state index contributed by atoms with van der Waals surface area (Å²) in [6.45, 7) is 0. The normalized spacial score (nSPS) is 10.5. The molecule has 1 aromatic heterocycles. The van der Waals surface area contributed by atoms with Gasteiger partial charge in [-0.25, -0.2) is 8.78 Å². The third kappa shape index (κ3) is 2.57. The molecule has 3 rings (SSSR count). The van der Waals surface area contributed by atoms with Crippen LogP contribution in [0.5, 0.6) is 0 Å². The summed E-state index contributed by atoms with van der Waals surface area (Å²) >= 11 is 0. The molecule has 0 saturated heterocycles. The van der Waals surface area contributed by atoms with Gasteiger partial charge in [0, 0.05) is 17.8 Å². The zero-order valence-corrected chi connectivity index (χ0v) is 10.6. The van der Waals surface area contributed by atoms with Crippen LogP contribution in [0.15, 0.2) is 66.9 Å². The van der Waals surface area contributed by atoms with Gasteiger partial charge in [0.2, 0.25) is 0 Å². The third-order valence-electron chi connectivity index (χ3n) is 3.02. The van der Waals surface area contributed by atoms with Crippen molar-refractivity contribution in [2.45, 2.75) is 0 Å². The van der Waals surface area contributed by atoms with Gasteiger partial charge in [-0.05, 0) is 41.5 Å². The Morgan fingerprint density at radius 1 is 0.650 bits per heavy atom. The van der Waals surface area contributed by atoms with Gasteiger partial charge >= 0.3 is 0 Å². The molecule has 3 aromatic rings. The Morgan fingerprint density at radius 3 is 2.10 bits per heavy atom. The van der Waals surface area contributed by atoms with E-state index in [1.807, 2.05) is 42.5 Å². The Bertz CT molecular complexity index is 719. The predicted octanol–water partition coefficient (Wildman–Crippen LogP) is 4.69. The number of benzene rings is 2. The number of pyridine rings is 1. The molecule has 0 spiro atoms. The minimum absolute atomic E-state index is 0.514. The highest BCUT2D eigenvalue weighted by molar-refractivity contribution is 5.71. The molecule has 3 heteroatoms. The maximum atomic E-state index is 13.3. The zero-order valence-electron chi connectivity index (χ0n) is 10.6. The highest BCUT2D eigenvalue weighted by atomic mass is 19.1. The first-order chi connectivity index (χ1) is 9.72. The van der Waals surface area contributed by atoms with Gasteiger partial charge in [-0.1, -0.05) is 24.3 Å². The zero-order chi connectivity index (χ0) is 13.9. The molecule has 1 heterocycles. The molecule has 0 aliphatic carbocycles. The van der Waals surface area contributed by atoms with Gasteiger partial charge in [-0.3, -0.25) is 4.98 Å². The van der Waals surface area contributed by atoms with Crippen LogP contribution in [0.2, 0.25) is 0 Å². The van der Waals surface area contributed by atoms with Gasteiger partial charge in [0.05, 0.1) is 5.69 Å². The average Bonchev–Trinajstić information content (AvgIpc) is 2.47. The number of hydrogen-bond acceptors (Lipinski definition) is 1. The Balaban J connectivity index is 2.07. The van der Waals surface area contributed by atoms with E-state index in [9.17, 15) is 8.78 Å². The van der Waals surface area contributed by atoms with E-state index < -0.39 is 11.6 Å². The highest BCUT2D eigenvalue weighted by Gasteiger charge is 2.05. The van der Waals surface area contributed by atoms with Crippen LogP contribution in [0, 0.1) is 11.6 Å². The van der Waals surface area contributed by atoms with Crippen molar-refractivity contribution in [2.24, 2.45) is 0 Å². The first-order valence-electron chi connectivity index (χ1n) is 6.20. The van der Waals surface area contributed by atoms with Crippen LogP contribution >= 0.6 is 0 Å². The summed E-state index contributed by atoms with van der Waals surface area (Å²) < 4.78 is 26.6. The van der Waals surface area contributed by atoms with Crippen LogP contribution in [0.4, 0.5) is 8.78 Å². The van der Waals surface area contributed by atoms with E-state index in [0.29, 0.717) is 5.56 Å². The van der Waals surface area contributed by atoms with Gasteiger partial charge in [0.1, 0.15) is 11.6 Å². The molecule has 1 nitrogen and oxygen atoms in total. The molecular formula is C17H11F2N. The topological polar surface area (TPSA) is 12.9 Å². The van der Waals surface area contributed by atoms with Crippen LogP contribution in [-0.2, 0) is 0 Å². The second kappa shape index (κ2) is 5.21. The number of halogens is 2. The van der Waals surface area contributed by atoms with Gasteiger partial charge in [-0.2, -0.15) is 0 Å². The Morgan fingerprint density at radius 2 is 1.40 bits per heavy atom. The second-order valence-corrected chi connectivity index (χ2v) is 4.45. The molecule has 0 atom stereocenters. The lowest BCUT2D eigenvalue weighted by Gasteiger charge is -2.06. The number of aromatic nitrogens is 1. The largest absolute Gasteiger partial charge is 0.256 e. The predicted molar refractivity (Wildman–Crippen MR) is 75.0 cm³/mol. The molecule has 0 bridgehead atoms. The summed E-state index contributed by atoms with van der Waals surface area (Å²) in [7, 11) is 0. The highest BCUT2D eigenvalue weighted by Crippen LogP contribution is 2.26. The molecule has 0 radical (unpaired) electrons. The fourth-order valence-corrected chi connectivity index (χ4v) is 2.11. The molecule has 0 aliphatic rings. The van der Waals surface area contributed by atoms with Crippen LogP contribution in [0.3, 0.4) is 0 Å². The van der Waals surface area contributed by atoms with Crippen molar-refractivity contribution >= 4 is 0 Å². The molecule has 0 unspecified atom stereocenters. The molecule has 20 heavy (non-hydrogen) atoms. The maximum Gasteiger partial charge on any atom is 0.126 e. The minimum Gasteiger partial charge on any atom is -0.256 e. The van der Waals surface area contributed by atoms with Crippen molar-refractivity contribution in [1.82, 2.24) is 4.98 Å². The van der Waals surface area contributed by atoms with E-state index in [1.54, 1.807) is 6.20 Å². The molecule has 98 valence electrons. The quantitative estimate of drug-likeness (QED) is 0.656. The summed E-state index contributed by atoms with van der Waals surface area (Å²) in [4.78, 5) is 4.27. The molecule has 0 N–H and O–H groups in total. The molecular weight excluding hydrogens is 256 g/mol. The summed E-state index contributed by atoms with van der Waals surface area (Å²) in [6, 6.07) is 16.6. The smallest absolute Gasteiger partial charge is 0.126 e. The van der Waals surface area contributed by atoms with E-state index >= 15 is 0 Å². The summed E-state index contributed by atoms with van der Waals surface area (Å²) in [6.07, 6.45) is 1.71. The fraction of sp³-hybridized carbons (Fsp3) is 0. The van der Waals surface area contributed by atoms with Crippen LogP contribution in [-0.4, -0.2) is 4.98 Å². The Hall–Kier alpha value is -2.55. The standard InChI is InChI=1S/C17H11F2N/c18-15-9-14(10-16(19)11-15)12-4-3-5-13(8-12)17-6-1-2-7-20-17/h1-11H. The summed E-state index contributed by atoms with van der Waals surface area (Å²) in [5.41, 5.74) is 3.01. The summed E-state index contributed by atoms with van der Waals surface area (Å²) in [5.74, 6) is -1.16. The van der Waals surface area contributed by atoms with Crippen LogP contribution in [0.1, 0.15) is 0 Å². The van der Waals surface area contributed by atoms with E-state index in [4.69, 9.17) is 0 Å². The fourth-order valence-electron chi connectivity index (χ4n) is 2.11. The first-order valence-corrected chi connectivity index (χ1v) is 6.20. The van der Waals surface area contributed by atoms with E-state index in [1.165, 1.54) is 12.1 Å². The van der Waals surface area contributed by atoms with Gasteiger partial charge in [0.25, 0.3) is 0 Å². The molecule has 0 fully saturated rings. The van der Waals surface area contributed by atoms with Gasteiger partial charge in [0.15, 0.2) is 0 Å². The summed E-state index contributed by atoms with van der Waals surface area (Å²) in [5, 5.41) is 0. The van der Waals surface area contributed by atoms with E-state index in [0.717, 1.165) is 22.9 Å². The number of rotatable bonds is 2. The Kier molecular flexibility index (Phi) is 3.25. The molecule has 0 aliphatic heterocycles. The molecule has 0 saturated carbocycles. The number of nitrogens with zero attached hydrogens (tertiary/aromatic N) is 1. The van der Waals surface area contributed by atoms with Crippen molar-refractivity contribution in [1.29, 1.82) is 0 Å². The van der Waals surface area contributed by atoms with Gasteiger partial charge < -0.3 is 0 Å². The lowest BCUT2D eigenvalue weighted by atomic mass is 10.0. The molecule has 2 aromatic carbocycles. The van der Waals surface area contributed by atoms with Crippen LogP contribution in [0.25, 0.3) is 22.4 Å². The first kappa shape index (κ1) is 12.5. The lowest BCUT2D eigenvalue weighted by Crippen LogP contribution is -1.86. The molecule has 0 amide bonds. The van der Waals surface area contributed by atoms with Crippen molar-refractivity contribution in [2.75, 3.05) is 0 Å². The number of hydrogen-bond donors (Lipinski definition) is 0. The van der Waals surface area contributed by atoms with Crippen molar-refractivity contribution in [3.05, 3.63) is 78.5 Å². The van der Waals surface area contributed by atoms with Crippen molar-refractivity contribution < 1.29 is 8.78 Å². The maximum absolute atomic E-state index is 13.3. The second-order valence-electron chi connectivity index (χ2n) is 4.45. The van der Waals surface area contributed by atoms with Gasteiger partial charge in [-0.15, -0.1) is 0 Å². The SMILES string of the molecule is Fc1cc(F)cc(-c2cccc(-c3ccccn3)c2)c1. The van der Waals surface area contributed by atoms with E-state index in [2.05, 4.69) is 4.98 Å². The Labute approximate surface area is 115 Å². The van der Waals surface area contributed by atoms with Crippen LogP contribution < -0.4 is 0 Å². The lowest BCUT2D eigenvalue weighted by molar-refractivity contribution is 0.584. The third-order valence-corrected chi connectivity index (χ3v) is 3.02. The van der Waals surface area contributed by atoms with Crippen molar-refractivity contribution in [3.8, 4) is 22.4 Å². The van der Waals surface area contributed by atoms with Crippen molar-refractivity contribution in [3.63, 3.8) is 0 Å². The minimum atomic E-state index is -0.580. The van der Waals surface area contributed by atoms with E-state index in [-0.39, 0.29) is 0 Å².